The molecule has 0 saturated carbocycles. The minimum absolute atomic E-state index is 0. The largest absolute Gasteiger partial charge is 0.373 e. The molecule has 0 aliphatic heterocycles. The first-order valence-electron chi connectivity index (χ1n) is 6.28. The van der Waals surface area contributed by atoms with Gasteiger partial charge in [-0.15, -0.1) is 0 Å². The maximum atomic E-state index is 11.0. The highest BCUT2D eigenvalue weighted by molar-refractivity contribution is 5.40. The summed E-state index contributed by atoms with van der Waals surface area (Å²) in [6.45, 7) is 3.60. The number of aryl methyl sites for hydroxylation is 4. The van der Waals surface area contributed by atoms with Gasteiger partial charge in [0.05, 0.1) is 0 Å². The van der Waals surface area contributed by atoms with E-state index in [1.807, 2.05) is 6.92 Å². The van der Waals surface area contributed by atoms with Crippen LogP contribution in [0, 0.1) is 13.8 Å². The minimum Gasteiger partial charge on any atom is -0.373 e. The minimum atomic E-state index is -0.254. The van der Waals surface area contributed by atoms with Gasteiger partial charge < -0.3 is 20.2 Å². The molecule has 0 aliphatic rings. The first-order valence-corrected chi connectivity index (χ1v) is 6.28. The molecule has 0 amide bonds. The molecule has 0 aliphatic carbocycles. The summed E-state index contributed by atoms with van der Waals surface area (Å²) < 4.78 is 3.06. The van der Waals surface area contributed by atoms with Crippen molar-refractivity contribution in [2.45, 2.75) is 21.3 Å². The second-order valence-corrected chi connectivity index (χ2v) is 4.61. The van der Waals surface area contributed by atoms with Crippen LogP contribution in [-0.4, -0.2) is 26.1 Å². The molecule has 0 bridgehead atoms. The number of nitrogens with zero attached hydrogens (tertiary/aromatic N) is 4. The number of aromatic nitrogens is 4. The molecule has 2 heterocycles. The van der Waals surface area contributed by atoms with Crippen molar-refractivity contribution < 1.29 is 0 Å². The average Bonchev–Trinajstić information content (AvgIpc) is 2.41. The van der Waals surface area contributed by atoms with Crippen molar-refractivity contribution in [3.8, 4) is 0 Å². The van der Waals surface area contributed by atoms with Gasteiger partial charge in [0, 0.05) is 44.7 Å². The van der Waals surface area contributed by atoms with Gasteiger partial charge in [-0.25, -0.2) is 4.79 Å². The lowest BCUT2D eigenvalue weighted by molar-refractivity contribution is 0.803. The van der Waals surface area contributed by atoms with Gasteiger partial charge in [0.15, 0.2) is 0 Å². The number of anilines is 2. The Morgan fingerprint density at radius 2 is 1.59 bits per heavy atom. The van der Waals surface area contributed by atoms with E-state index in [1.165, 1.54) is 4.57 Å². The first-order chi connectivity index (χ1) is 9.76. The summed E-state index contributed by atoms with van der Waals surface area (Å²) in [5, 5.41) is 2.84. The lowest BCUT2D eigenvalue weighted by Gasteiger charge is -2.03. The average molecular weight is 308 g/mol. The fraction of sp³-hybridized carbons (Fsp3) is 0.429. The third-order valence-corrected chi connectivity index (χ3v) is 2.81. The monoisotopic (exact) mass is 308 g/mol. The Bertz CT molecular complexity index is 748. The Kier molecular flexibility index (Phi) is 7.01. The van der Waals surface area contributed by atoms with Gasteiger partial charge in [0.25, 0.3) is 5.56 Å². The number of nitrogens with two attached hydrogens (primary N) is 1. The van der Waals surface area contributed by atoms with Crippen LogP contribution >= 0.6 is 0 Å². The molecule has 0 atom stereocenters. The quantitative estimate of drug-likeness (QED) is 0.791. The maximum Gasteiger partial charge on any atom is 0.349 e. The van der Waals surface area contributed by atoms with Crippen LogP contribution in [0.2, 0.25) is 0 Å². The van der Waals surface area contributed by atoms with E-state index in [1.54, 1.807) is 45.0 Å². The molecule has 3 N–H and O–H groups in total. The molecule has 8 heteroatoms. The van der Waals surface area contributed by atoms with Gasteiger partial charge in [0.1, 0.15) is 5.82 Å². The molecule has 0 unspecified atom stereocenters. The van der Waals surface area contributed by atoms with Gasteiger partial charge >= 0.3 is 5.69 Å². The van der Waals surface area contributed by atoms with Crippen molar-refractivity contribution in [1.29, 1.82) is 0 Å². The molecule has 0 aromatic carbocycles. The van der Waals surface area contributed by atoms with Gasteiger partial charge in [-0.05, 0) is 13.8 Å². The zero-order chi connectivity index (χ0) is 16.2. The smallest absolute Gasteiger partial charge is 0.349 e. The number of rotatable bonds is 1. The van der Waals surface area contributed by atoms with Gasteiger partial charge in [-0.1, -0.05) is 7.43 Å². The molecule has 2 rings (SSSR count). The second kappa shape index (κ2) is 7.96. The van der Waals surface area contributed by atoms with Crippen molar-refractivity contribution in [3.63, 3.8) is 0 Å². The van der Waals surface area contributed by atoms with E-state index in [-0.39, 0.29) is 24.6 Å². The first kappa shape index (κ1) is 19.4. The van der Waals surface area contributed by atoms with Crippen LogP contribution in [0.4, 0.5) is 11.8 Å². The van der Waals surface area contributed by atoms with Gasteiger partial charge in [0.2, 0.25) is 5.95 Å². The summed E-state index contributed by atoms with van der Waals surface area (Å²) in [7, 11) is 5.17. The van der Waals surface area contributed by atoms with Crippen LogP contribution in [0.1, 0.15) is 18.6 Å². The number of nitrogen functional groups attached to an aromatic ring is 1. The Morgan fingerprint density at radius 1 is 1.05 bits per heavy atom. The summed E-state index contributed by atoms with van der Waals surface area (Å²) in [4.78, 5) is 29.1. The van der Waals surface area contributed by atoms with E-state index >= 15 is 0 Å². The van der Waals surface area contributed by atoms with Crippen LogP contribution in [0.25, 0.3) is 0 Å². The molecule has 122 valence electrons. The number of hydrogen-bond donors (Lipinski definition) is 2. The Labute approximate surface area is 129 Å². The zero-order valence-electron chi connectivity index (χ0n) is 12.8. The van der Waals surface area contributed by atoms with Crippen LogP contribution in [0.15, 0.2) is 22.0 Å². The van der Waals surface area contributed by atoms with E-state index in [2.05, 4.69) is 15.3 Å². The molecule has 2 aromatic heterocycles. The van der Waals surface area contributed by atoms with E-state index in [9.17, 15) is 9.59 Å². The molecule has 8 nitrogen and oxygen atoms in total. The summed E-state index contributed by atoms with van der Waals surface area (Å²) >= 11 is 0. The Balaban J connectivity index is 0.000000385. The van der Waals surface area contributed by atoms with Crippen molar-refractivity contribution in [2.75, 3.05) is 18.1 Å². The third-order valence-electron chi connectivity index (χ3n) is 2.81. The highest BCUT2D eigenvalue weighted by Crippen LogP contribution is 2.04. The predicted molar refractivity (Wildman–Crippen MR) is 89.1 cm³/mol. The van der Waals surface area contributed by atoms with Crippen LogP contribution in [0.3, 0.4) is 0 Å². The van der Waals surface area contributed by atoms with Gasteiger partial charge in [-0.2, -0.15) is 9.97 Å². The standard InChI is InChI=1S/C7H11N3O.C6H9N3O.CH4/c1-5-4-10(3)7(11)9-6(5)8-2;1-4-3-9(2)6(7)8-5(4)10;/h4H,1-3H3,(H,8,9,11);3H,1-2H3,(H2,7,8,10);1H4. The Morgan fingerprint density at radius 3 is 2.09 bits per heavy atom. The van der Waals surface area contributed by atoms with Crippen LogP contribution < -0.4 is 22.3 Å². The molecular weight excluding hydrogens is 284 g/mol. The Hall–Kier alpha value is -2.64. The summed E-state index contributed by atoms with van der Waals surface area (Å²) in [5.41, 5.74) is 6.43. The summed E-state index contributed by atoms with van der Waals surface area (Å²) in [6, 6.07) is 0. The molecule has 0 fully saturated rings. The van der Waals surface area contributed by atoms with E-state index in [0.29, 0.717) is 11.4 Å². The van der Waals surface area contributed by atoms with Crippen molar-refractivity contribution >= 4 is 11.8 Å². The van der Waals surface area contributed by atoms with Crippen LogP contribution in [-0.2, 0) is 14.1 Å². The number of hydrogen-bond acceptors (Lipinski definition) is 6. The van der Waals surface area contributed by atoms with Crippen LogP contribution in [0.5, 0.6) is 0 Å². The summed E-state index contributed by atoms with van der Waals surface area (Å²) in [5.74, 6) is 0.892. The second-order valence-electron chi connectivity index (χ2n) is 4.61. The number of nitrogens with one attached hydrogen (secondary N) is 1. The lowest BCUT2D eigenvalue weighted by atomic mass is 10.3. The highest BCUT2D eigenvalue weighted by atomic mass is 16.1. The third kappa shape index (κ3) is 4.72. The van der Waals surface area contributed by atoms with Crippen molar-refractivity contribution in [3.05, 3.63) is 44.4 Å². The fourth-order valence-corrected chi connectivity index (χ4v) is 1.61. The molecule has 0 saturated heterocycles. The fourth-order valence-electron chi connectivity index (χ4n) is 1.61. The van der Waals surface area contributed by atoms with E-state index < -0.39 is 0 Å². The molecule has 2 aromatic rings. The summed E-state index contributed by atoms with van der Waals surface area (Å²) in [6.07, 6.45) is 3.41. The topological polar surface area (TPSA) is 108 Å². The van der Waals surface area contributed by atoms with E-state index in [0.717, 1.165) is 5.56 Å². The zero-order valence-corrected chi connectivity index (χ0v) is 12.8. The normalized spacial score (nSPS) is 9.32. The van der Waals surface area contributed by atoms with Crippen molar-refractivity contribution in [1.82, 2.24) is 19.1 Å². The maximum absolute atomic E-state index is 11.0. The highest BCUT2D eigenvalue weighted by Gasteiger charge is 1.99. The van der Waals surface area contributed by atoms with E-state index in [4.69, 9.17) is 5.73 Å². The molecule has 22 heavy (non-hydrogen) atoms. The predicted octanol–water partition coefficient (Wildman–Crippen LogP) is 0.437. The molecule has 0 spiro atoms. The lowest BCUT2D eigenvalue weighted by Crippen LogP contribution is -2.21. The SMILES string of the molecule is C.CNc1nc(=O)n(C)cc1C.Cc1cn(C)c(N)nc1=O. The van der Waals surface area contributed by atoms with Gasteiger partial charge in [-0.3, -0.25) is 4.79 Å². The molecular formula is C14H24N6O2. The van der Waals surface area contributed by atoms with Crippen molar-refractivity contribution in [2.24, 2.45) is 14.1 Å². The molecule has 0 radical (unpaired) electrons.